The van der Waals surface area contributed by atoms with Crippen LogP contribution in [0.4, 0.5) is 11.4 Å². The quantitative estimate of drug-likeness (QED) is 0.799. The zero-order chi connectivity index (χ0) is 16.8. The topological polar surface area (TPSA) is 41.1 Å². The number of rotatable bonds is 6. The summed E-state index contributed by atoms with van der Waals surface area (Å²) >= 11 is 0. The number of hydrogen-bond acceptors (Lipinski definition) is 2. The van der Waals surface area contributed by atoms with Crippen molar-refractivity contribution in [3.05, 3.63) is 59.2 Å². The normalized spacial score (nSPS) is 10.7. The van der Waals surface area contributed by atoms with Crippen molar-refractivity contribution in [1.29, 1.82) is 0 Å². The van der Waals surface area contributed by atoms with Crippen LogP contribution in [0.1, 0.15) is 42.9 Å². The third-order valence-electron chi connectivity index (χ3n) is 4.05. The molecule has 122 valence electrons. The summed E-state index contributed by atoms with van der Waals surface area (Å²) in [4.78, 5) is 12.0. The molecule has 2 N–H and O–H groups in total. The van der Waals surface area contributed by atoms with Crippen molar-refractivity contribution in [3.8, 4) is 0 Å². The van der Waals surface area contributed by atoms with Gasteiger partial charge in [0.15, 0.2) is 0 Å². The van der Waals surface area contributed by atoms with Crippen molar-refractivity contribution in [1.82, 2.24) is 0 Å². The fourth-order valence-electron chi connectivity index (χ4n) is 2.35. The Hall–Kier alpha value is -2.29. The molecule has 3 nitrogen and oxygen atoms in total. The van der Waals surface area contributed by atoms with Crippen LogP contribution in [-0.4, -0.2) is 12.5 Å². The van der Waals surface area contributed by atoms with Crippen molar-refractivity contribution in [2.75, 3.05) is 17.2 Å². The highest BCUT2D eigenvalue weighted by Gasteiger charge is 2.04. The number of amides is 1. The van der Waals surface area contributed by atoms with Crippen LogP contribution in [0.3, 0.4) is 0 Å². The molecule has 2 aromatic rings. The molecule has 0 heterocycles. The van der Waals surface area contributed by atoms with Gasteiger partial charge in [-0.3, -0.25) is 4.79 Å². The van der Waals surface area contributed by atoms with Gasteiger partial charge in [0.25, 0.3) is 0 Å². The molecule has 0 aliphatic rings. The Labute approximate surface area is 139 Å². The average molecular weight is 310 g/mol. The van der Waals surface area contributed by atoms with E-state index in [4.69, 9.17) is 0 Å². The van der Waals surface area contributed by atoms with E-state index in [1.807, 2.05) is 18.2 Å². The first kappa shape index (κ1) is 17.1. The van der Waals surface area contributed by atoms with Crippen LogP contribution in [0.5, 0.6) is 0 Å². The molecule has 0 saturated heterocycles. The van der Waals surface area contributed by atoms with Gasteiger partial charge in [0.2, 0.25) is 5.91 Å². The number of aryl methyl sites for hydroxylation is 2. The zero-order valence-corrected chi connectivity index (χ0v) is 14.4. The number of carbonyl (C=O) groups is 1. The Kier molecular flexibility index (Phi) is 5.80. The first-order chi connectivity index (χ1) is 11.0. The van der Waals surface area contributed by atoms with Gasteiger partial charge in [0.05, 0.1) is 0 Å². The van der Waals surface area contributed by atoms with Crippen molar-refractivity contribution in [2.24, 2.45) is 0 Å². The molecule has 0 bridgehead atoms. The van der Waals surface area contributed by atoms with Crippen molar-refractivity contribution in [3.63, 3.8) is 0 Å². The lowest BCUT2D eigenvalue weighted by atomic mass is 10.0. The minimum Gasteiger partial charge on any atom is -0.385 e. The molecule has 0 radical (unpaired) electrons. The second kappa shape index (κ2) is 7.82. The van der Waals surface area contributed by atoms with Crippen LogP contribution in [0.15, 0.2) is 42.5 Å². The number of nitrogens with one attached hydrogen (secondary N) is 2. The van der Waals surface area contributed by atoms with E-state index in [9.17, 15) is 4.79 Å². The predicted octanol–water partition coefficient (Wildman–Crippen LogP) is 4.87. The van der Waals surface area contributed by atoms with E-state index in [1.165, 1.54) is 16.7 Å². The maximum absolute atomic E-state index is 12.0. The predicted molar refractivity (Wildman–Crippen MR) is 98.2 cm³/mol. The molecular formula is C20H26N2O. The van der Waals surface area contributed by atoms with Gasteiger partial charge in [-0.05, 0) is 60.7 Å². The van der Waals surface area contributed by atoms with Crippen molar-refractivity contribution >= 4 is 17.3 Å². The fourth-order valence-corrected chi connectivity index (χ4v) is 2.35. The number of benzene rings is 2. The molecule has 2 rings (SSSR count). The SMILES string of the molecule is Cc1ccc(NCCC(=O)Nc2ccc(C(C)C)cc2)cc1C. The summed E-state index contributed by atoms with van der Waals surface area (Å²) in [6.45, 7) is 9.13. The van der Waals surface area contributed by atoms with Crippen LogP contribution in [0.25, 0.3) is 0 Å². The van der Waals surface area contributed by atoms with Gasteiger partial charge < -0.3 is 10.6 Å². The van der Waals surface area contributed by atoms with Crippen molar-refractivity contribution in [2.45, 2.75) is 40.0 Å². The number of carbonyl (C=O) groups excluding carboxylic acids is 1. The van der Waals surface area contributed by atoms with E-state index in [1.54, 1.807) is 0 Å². The maximum Gasteiger partial charge on any atom is 0.226 e. The van der Waals surface area contributed by atoms with Gasteiger partial charge in [-0.1, -0.05) is 32.0 Å². The van der Waals surface area contributed by atoms with E-state index < -0.39 is 0 Å². The minimum atomic E-state index is 0.0265. The highest BCUT2D eigenvalue weighted by Crippen LogP contribution is 2.17. The monoisotopic (exact) mass is 310 g/mol. The van der Waals surface area contributed by atoms with Gasteiger partial charge in [-0.2, -0.15) is 0 Å². The molecule has 0 spiro atoms. The molecule has 0 aromatic heterocycles. The van der Waals surface area contributed by atoms with Crippen LogP contribution in [0, 0.1) is 13.8 Å². The molecule has 0 aliphatic heterocycles. The highest BCUT2D eigenvalue weighted by atomic mass is 16.1. The van der Waals surface area contributed by atoms with Gasteiger partial charge in [-0.15, -0.1) is 0 Å². The molecule has 0 fully saturated rings. The molecule has 3 heteroatoms. The van der Waals surface area contributed by atoms with Crippen LogP contribution in [-0.2, 0) is 4.79 Å². The first-order valence-electron chi connectivity index (χ1n) is 8.16. The van der Waals surface area contributed by atoms with Crippen molar-refractivity contribution < 1.29 is 4.79 Å². The van der Waals surface area contributed by atoms with Crippen LogP contribution < -0.4 is 10.6 Å². The maximum atomic E-state index is 12.0. The summed E-state index contributed by atoms with van der Waals surface area (Å²) in [6, 6.07) is 14.3. The molecule has 0 unspecified atom stereocenters. The molecule has 1 amide bonds. The Morgan fingerprint density at radius 1 is 0.957 bits per heavy atom. The summed E-state index contributed by atoms with van der Waals surface area (Å²) in [5.74, 6) is 0.528. The summed E-state index contributed by atoms with van der Waals surface area (Å²) in [5, 5.41) is 6.23. The lowest BCUT2D eigenvalue weighted by Crippen LogP contribution is -2.16. The highest BCUT2D eigenvalue weighted by molar-refractivity contribution is 5.91. The lowest BCUT2D eigenvalue weighted by Gasteiger charge is -2.10. The van der Waals surface area contributed by atoms with E-state index in [2.05, 4.69) is 62.6 Å². The third kappa shape index (κ3) is 5.13. The first-order valence-corrected chi connectivity index (χ1v) is 8.16. The van der Waals surface area contributed by atoms with Gasteiger partial charge >= 0.3 is 0 Å². The molecule has 0 saturated carbocycles. The number of anilines is 2. The second-order valence-corrected chi connectivity index (χ2v) is 6.30. The van der Waals surface area contributed by atoms with E-state index in [0.29, 0.717) is 18.9 Å². The van der Waals surface area contributed by atoms with Gasteiger partial charge in [0.1, 0.15) is 0 Å². The van der Waals surface area contributed by atoms with Gasteiger partial charge in [0, 0.05) is 24.3 Å². The van der Waals surface area contributed by atoms with E-state index in [-0.39, 0.29) is 5.91 Å². The minimum absolute atomic E-state index is 0.0265. The third-order valence-corrected chi connectivity index (χ3v) is 4.05. The Bertz CT molecular complexity index is 660. The summed E-state index contributed by atoms with van der Waals surface area (Å²) in [5.41, 5.74) is 5.72. The van der Waals surface area contributed by atoms with E-state index >= 15 is 0 Å². The lowest BCUT2D eigenvalue weighted by molar-refractivity contribution is -0.115. The standard InChI is InChI=1S/C20H26N2O/c1-14(2)17-6-9-18(10-7-17)22-20(23)11-12-21-19-8-5-15(3)16(4)13-19/h5-10,13-14,21H,11-12H2,1-4H3,(H,22,23). The van der Waals surface area contributed by atoms with Crippen LogP contribution in [0.2, 0.25) is 0 Å². The molecule has 0 aliphatic carbocycles. The molecule has 0 atom stereocenters. The molecular weight excluding hydrogens is 284 g/mol. The zero-order valence-electron chi connectivity index (χ0n) is 14.4. The molecule has 23 heavy (non-hydrogen) atoms. The Morgan fingerprint density at radius 2 is 1.61 bits per heavy atom. The Morgan fingerprint density at radius 3 is 2.22 bits per heavy atom. The average Bonchev–Trinajstić information content (AvgIpc) is 2.51. The fraction of sp³-hybridized carbons (Fsp3) is 0.350. The Balaban J connectivity index is 1.79. The summed E-state index contributed by atoms with van der Waals surface area (Å²) in [6.07, 6.45) is 0.443. The molecule has 2 aromatic carbocycles. The summed E-state index contributed by atoms with van der Waals surface area (Å²) in [7, 11) is 0. The number of hydrogen-bond donors (Lipinski definition) is 2. The smallest absolute Gasteiger partial charge is 0.226 e. The second-order valence-electron chi connectivity index (χ2n) is 6.30. The summed E-state index contributed by atoms with van der Waals surface area (Å²) < 4.78 is 0. The van der Waals surface area contributed by atoms with E-state index in [0.717, 1.165) is 11.4 Å². The van der Waals surface area contributed by atoms with Crippen LogP contribution >= 0.6 is 0 Å². The van der Waals surface area contributed by atoms with Gasteiger partial charge in [-0.25, -0.2) is 0 Å². The largest absolute Gasteiger partial charge is 0.385 e.